The Morgan fingerprint density at radius 2 is 2.40 bits per heavy atom. The molecular formula is C6H13NO3. The summed E-state index contributed by atoms with van der Waals surface area (Å²) in [7, 11) is 0. The quantitative estimate of drug-likeness (QED) is 0.529. The van der Waals surface area contributed by atoms with Gasteiger partial charge in [0, 0.05) is 6.61 Å². The lowest BCUT2D eigenvalue weighted by Gasteiger charge is -2.06. The summed E-state index contributed by atoms with van der Waals surface area (Å²) >= 11 is 0. The second-order valence-electron chi connectivity index (χ2n) is 1.99. The first-order valence-electron chi connectivity index (χ1n) is 3.23. The summed E-state index contributed by atoms with van der Waals surface area (Å²) in [5.41, 5.74) is 5.16. The molecule has 0 fully saturated rings. The number of rotatable bonds is 5. The van der Waals surface area contributed by atoms with Gasteiger partial charge in [0.1, 0.15) is 0 Å². The second-order valence-corrected chi connectivity index (χ2v) is 1.99. The monoisotopic (exact) mass is 147 g/mol. The van der Waals surface area contributed by atoms with E-state index in [-0.39, 0.29) is 0 Å². The highest BCUT2D eigenvalue weighted by Gasteiger charge is 2.09. The molecule has 10 heavy (non-hydrogen) atoms. The Balaban J connectivity index is 3.21. The van der Waals surface area contributed by atoms with Gasteiger partial charge < -0.3 is 15.6 Å². The minimum absolute atomic E-state index is 0.421. The van der Waals surface area contributed by atoms with E-state index < -0.39 is 12.1 Å². The summed E-state index contributed by atoms with van der Waals surface area (Å²) in [6, 6.07) is 0. The van der Waals surface area contributed by atoms with Gasteiger partial charge in [-0.15, -0.1) is 0 Å². The van der Waals surface area contributed by atoms with Crippen molar-refractivity contribution in [3.05, 3.63) is 0 Å². The van der Waals surface area contributed by atoms with Crippen molar-refractivity contribution < 1.29 is 14.6 Å². The van der Waals surface area contributed by atoms with Gasteiger partial charge in [0.05, 0.1) is 0 Å². The van der Waals surface area contributed by atoms with Crippen molar-refractivity contribution in [3.8, 4) is 0 Å². The van der Waals surface area contributed by atoms with E-state index >= 15 is 0 Å². The maximum atomic E-state index is 10.1. The Hall–Kier alpha value is -0.610. The summed E-state index contributed by atoms with van der Waals surface area (Å²) in [6.45, 7) is 2.45. The number of aliphatic carboxylic acids is 1. The molecule has 3 N–H and O–H groups in total. The first kappa shape index (κ1) is 9.39. The van der Waals surface area contributed by atoms with Gasteiger partial charge in [-0.05, 0) is 19.9 Å². The van der Waals surface area contributed by atoms with Crippen LogP contribution < -0.4 is 5.73 Å². The van der Waals surface area contributed by atoms with Gasteiger partial charge in [-0.25, -0.2) is 4.79 Å². The van der Waals surface area contributed by atoms with E-state index in [4.69, 9.17) is 15.6 Å². The zero-order valence-corrected chi connectivity index (χ0v) is 6.04. The van der Waals surface area contributed by atoms with Crippen molar-refractivity contribution in [2.75, 3.05) is 13.2 Å². The molecule has 4 heteroatoms. The molecule has 0 spiro atoms. The summed E-state index contributed by atoms with van der Waals surface area (Å²) < 4.78 is 4.86. The predicted octanol–water partition coefficient (Wildman–Crippen LogP) is -0.175. The van der Waals surface area contributed by atoms with E-state index in [1.54, 1.807) is 0 Å². The van der Waals surface area contributed by atoms with E-state index in [1.807, 2.05) is 0 Å². The zero-order valence-electron chi connectivity index (χ0n) is 6.04. The topological polar surface area (TPSA) is 72.5 Å². The lowest BCUT2D eigenvalue weighted by molar-refractivity contribution is -0.149. The van der Waals surface area contributed by atoms with Crippen molar-refractivity contribution >= 4 is 5.97 Å². The van der Waals surface area contributed by atoms with E-state index in [2.05, 4.69) is 0 Å². The highest BCUT2D eigenvalue weighted by Crippen LogP contribution is 1.90. The molecule has 0 radical (unpaired) electrons. The van der Waals surface area contributed by atoms with Crippen LogP contribution >= 0.6 is 0 Å². The van der Waals surface area contributed by atoms with E-state index in [1.165, 1.54) is 6.92 Å². The third-order valence-electron chi connectivity index (χ3n) is 1.06. The summed E-state index contributed by atoms with van der Waals surface area (Å²) in [4.78, 5) is 10.1. The first-order valence-corrected chi connectivity index (χ1v) is 3.23. The van der Waals surface area contributed by atoms with Crippen LogP contribution in [0.1, 0.15) is 13.3 Å². The van der Waals surface area contributed by atoms with Gasteiger partial charge in [-0.2, -0.15) is 0 Å². The summed E-state index contributed by atoms with van der Waals surface area (Å²) in [5.74, 6) is -0.933. The molecular weight excluding hydrogens is 134 g/mol. The lowest BCUT2D eigenvalue weighted by Crippen LogP contribution is -2.21. The molecule has 0 amide bonds. The fourth-order valence-corrected chi connectivity index (χ4v) is 0.415. The Kier molecular flexibility index (Phi) is 4.88. The van der Waals surface area contributed by atoms with E-state index in [9.17, 15) is 4.79 Å². The molecule has 0 heterocycles. The van der Waals surface area contributed by atoms with Gasteiger partial charge in [0.15, 0.2) is 6.10 Å². The van der Waals surface area contributed by atoms with Gasteiger partial charge in [0.2, 0.25) is 0 Å². The average Bonchev–Trinajstić information content (AvgIpc) is 1.88. The molecule has 0 rings (SSSR count). The van der Waals surface area contributed by atoms with Crippen LogP contribution in [0.5, 0.6) is 0 Å². The number of carboxylic acids is 1. The molecule has 1 unspecified atom stereocenters. The predicted molar refractivity (Wildman–Crippen MR) is 36.7 cm³/mol. The van der Waals surface area contributed by atoms with Crippen LogP contribution in [0.3, 0.4) is 0 Å². The lowest BCUT2D eigenvalue weighted by atomic mass is 10.4. The average molecular weight is 147 g/mol. The number of hydrogen-bond acceptors (Lipinski definition) is 3. The zero-order chi connectivity index (χ0) is 7.98. The second kappa shape index (κ2) is 5.20. The van der Waals surface area contributed by atoms with E-state index in [0.717, 1.165) is 0 Å². The minimum atomic E-state index is -0.933. The molecule has 60 valence electrons. The third kappa shape index (κ3) is 4.29. The molecule has 0 saturated heterocycles. The van der Waals surface area contributed by atoms with Gasteiger partial charge in [-0.1, -0.05) is 0 Å². The Labute approximate surface area is 60.0 Å². The van der Waals surface area contributed by atoms with Crippen LogP contribution in [0.25, 0.3) is 0 Å². The van der Waals surface area contributed by atoms with Crippen LogP contribution in [0.4, 0.5) is 0 Å². The number of carbonyl (C=O) groups is 1. The number of ether oxygens (including phenoxy) is 1. The summed E-state index contributed by atoms with van der Waals surface area (Å²) in [5, 5.41) is 8.33. The van der Waals surface area contributed by atoms with Crippen LogP contribution in [-0.4, -0.2) is 30.3 Å². The molecule has 0 saturated carbocycles. The van der Waals surface area contributed by atoms with Crippen molar-refractivity contribution in [3.63, 3.8) is 0 Å². The molecule has 0 aromatic rings. The van der Waals surface area contributed by atoms with Crippen LogP contribution in [0, 0.1) is 0 Å². The number of hydrogen-bond donors (Lipinski definition) is 2. The molecule has 0 aliphatic heterocycles. The number of nitrogens with two attached hydrogens (primary N) is 1. The van der Waals surface area contributed by atoms with Crippen molar-refractivity contribution in [2.24, 2.45) is 5.73 Å². The number of carboxylic acid groups (broad SMARTS) is 1. The minimum Gasteiger partial charge on any atom is -0.479 e. The smallest absolute Gasteiger partial charge is 0.332 e. The molecule has 0 bridgehead atoms. The van der Waals surface area contributed by atoms with Gasteiger partial charge in [0.25, 0.3) is 0 Å². The molecule has 0 aliphatic carbocycles. The summed E-state index contributed by atoms with van der Waals surface area (Å²) in [6.07, 6.45) is -0.0102. The molecule has 0 aromatic heterocycles. The third-order valence-corrected chi connectivity index (χ3v) is 1.06. The van der Waals surface area contributed by atoms with Gasteiger partial charge >= 0.3 is 5.97 Å². The molecule has 0 aliphatic rings. The SMILES string of the molecule is CC(OCCCN)C(=O)O. The molecule has 1 atom stereocenters. The Bertz CT molecular complexity index is 105. The normalized spacial score (nSPS) is 13.0. The van der Waals surface area contributed by atoms with Crippen molar-refractivity contribution in [1.82, 2.24) is 0 Å². The highest BCUT2D eigenvalue weighted by atomic mass is 16.5. The fraction of sp³-hybridized carbons (Fsp3) is 0.833. The van der Waals surface area contributed by atoms with E-state index in [0.29, 0.717) is 19.6 Å². The van der Waals surface area contributed by atoms with Crippen LogP contribution in [0.2, 0.25) is 0 Å². The standard InChI is InChI=1S/C6H13NO3/c1-5(6(8)9)10-4-2-3-7/h5H,2-4,7H2,1H3,(H,8,9). The molecule has 0 aromatic carbocycles. The highest BCUT2D eigenvalue weighted by molar-refractivity contribution is 5.71. The maximum absolute atomic E-state index is 10.1. The largest absolute Gasteiger partial charge is 0.479 e. The maximum Gasteiger partial charge on any atom is 0.332 e. The van der Waals surface area contributed by atoms with Crippen molar-refractivity contribution in [2.45, 2.75) is 19.4 Å². The Morgan fingerprint density at radius 1 is 1.80 bits per heavy atom. The van der Waals surface area contributed by atoms with Crippen molar-refractivity contribution in [1.29, 1.82) is 0 Å². The molecule has 4 nitrogen and oxygen atoms in total. The fourth-order valence-electron chi connectivity index (χ4n) is 0.415. The van der Waals surface area contributed by atoms with Gasteiger partial charge in [-0.3, -0.25) is 0 Å². The van der Waals surface area contributed by atoms with Crippen LogP contribution in [0.15, 0.2) is 0 Å². The van der Waals surface area contributed by atoms with Crippen LogP contribution in [-0.2, 0) is 9.53 Å². The Morgan fingerprint density at radius 3 is 2.80 bits per heavy atom. The first-order chi connectivity index (χ1) is 4.68.